The van der Waals surface area contributed by atoms with E-state index in [1.54, 1.807) is 23.4 Å². The summed E-state index contributed by atoms with van der Waals surface area (Å²) in [6.07, 6.45) is 0.621. The SMILES string of the molecule is CCC(CO)n1c(C)cc(=O)c(O)c1CN(C)CCC(=O)O. The molecule has 0 saturated heterocycles. The normalized spacial score (nSPS) is 12.6. The highest BCUT2D eigenvalue weighted by Crippen LogP contribution is 2.23. The van der Waals surface area contributed by atoms with E-state index in [0.29, 0.717) is 24.4 Å². The molecular weight excluding hydrogens is 288 g/mol. The Kier molecular flexibility index (Phi) is 6.58. The van der Waals surface area contributed by atoms with Gasteiger partial charge < -0.3 is 19.9 Å². The third kappa shape index (κ3) is 4.32. The first-order valence-electron chi connectivity index (χ1n) is 7.26. The topological polar surface area (TPSA) is 103 Å². The fourth-order valence-corrected chi connectivity index (χ4v) is 2.47. The number of aliphatic hydroxyl groups excluding tert-OH is 1. The maximum Gasteiger partial charge on any atom is 0.304 e. The van der Waals surface area contributed by atoms with E-state index in [9.17, 15) is 19.8 Å². The maximum atomic E-state index is 11.8. The molecule has 7 nitrogen and oxygen atoms in total. The summed E-state index contributed by atoms with van der Waals surface area (Å²) in [4.78, 5) is 24.2. The molecule has 3 N–H and O–H groups in total. The van der Waals surface area contributed by atoms with Crippen LogP contribution in [0.2, 0.25) is 0 Å². The van der Waals surface area contributed by atoms with E-state index in [0.717, 1.165) is 0 Å². The van der Waals surface area contributed by atoms with Gasteiger partial charge in [-0.1, -0.05) is 6.92 Å². The molecule has 22 heavy (non-hydrogen) atoms. The van der Waals surface area contributed by atoms with Crippen molar-refractivity contribution in [2.45, 2.75) is 39.3 Å². The lowest BCUT2D eigenvalue weighted by molar-refractivity contribution is -0.137. The predicted octanol–water partition coefficient (Wildman–Crippen LogP) is 0.712. The summed E-state index contributed by atoms with van der Waals surface area (Å²) in [5.74, 6) is -1.25. The van der Waals surface area contributed by atoms with Gasteiger partial charge in [-0.3, -0.25) is 14.5 Å². The standard InChI is InChI=1S/C15H24N2O5/c1-4-11(9-18)17-10(2)7-13(19)15(22)12(17)8-16(3)6-5-14(20)21/h7,11,18,22H,4-6,8-9H2,1-3H3,(H,20,21). The summed E-state index contributed by atoms with van der Waals surface area (Å²) in [5.41, 5.74) is 0.590. The summed E-state index contributed by atoms with van der Waals surface area (Å²) in [6, 6.07) is 1.10. The van der Waals surface area contributed by atoms with E-state index in [1.165, 1.54) is 6.07 Å². The largest absolute Gasteiger partial charge is 0.503 e. The Hall–Kier alpha value is -1.86. The van der Waals surface area contributed by atoms with Gasteiger partial charge in [-0.05, 0) is 20.4 Å². The van der Waals surface area contributed by atoms with Gasteiger partial charge in [-0.25, -0.2) is 0 Å². The van der Waals surface area contributed by atoms with Crippen LogP contribution < -0.4 is 5.43 Å². The van der Waals surface area contributed by atoms with Crippen LogP contribution >= 0.6 is 0 Å². The summed E-state index contributed by atoms with van der Waals surface area (Å²) in [6.45, 7) is 4.08. The van der Waals surface area contributed by atoms with Crippen LogP contribution in [0.5, 0.6) is 5.75 Å². The van der Waals surface area contributed by atoms with Crippen LogP contribution in [0.15, 0.2) is 10.9 Å². The number of aliphatic hydroxyl groups is 1. The van der Waals surface area contributed by atoms with Crippen molar-refractivity contribution in [3.8, 4) is 5.75 Å². The highest BCUT2D eigenvalue weighted by molar-refractivity contribution is 5.66. The van der Waals surface area contributed by atoms with Crippen molar-refractivity contribution in [3.05, 3.63) is 27.7 Å². The quantitative estimate of drug-likeness (QED) is 0.653. The molecule has 0 aliphatic rings. The molecule has 0 spiro atoms. The third-order valence-corrected chi connectivity index (χ3v) is 3.69. The first-order valence-corrected chi connectivity index (χ1v) is 7.26. The molecule has 0 aliphatic heterocycles. The average Bonchev–Trinajstić information content (AvgIpc) is 2.46. The van der Waals surface area contributed by atoms with E-state index in [-0.39, 0.29) is 31.4 Å². The Bertz CT molecular complexity index is 578. The molecule has 0 amide bonds. The smallest absolute Gasteiger partial charge is 0.304 e. The number of nitrogens with zero attached hydrogens (tertiary/aromatic N) is 2. The number of aromatic nitrogens is 1. The van der Waals surface area contributed by atoms with E-state index in [1.807, 2.05) is 6.92 Å². The molecule has 7 heteroatoms. The van der Waals surface area contributed by atoms with E-state index in [2.05, 4.69) is 0 Å². The Morgan fingerprint density at radius 3 is 2.59 bits per heavy atom. The van der Waals surface area contributed by atoms with Gasteiger partial charge in [0.15, 0.2) is 5.75 Å². The zero-order valence-corrected chi connectivity index (χ0v) is 13.2. The molecular formula is C15H24N2O5. The number of hydrogen-bond donors (Lipinski definition) is 3. The van der Waals surface area contributed by atoms with Crippen LogP contribution in [0.4, 0.5) is 0 Å². The van der Waals surface area contributed by atoms with Gasteiger partial charge in [0.05, 0.1) is 24.8 Å². The second kappa shape index (κ2) is 7.95. The Balaban J connectivity index is 3.20. The molecule has 0 bridgehead atoms. The second-order valence-corrected chi connectivity index (χ2v) is 5.44. The van der Waals surface area contributed by atoms with Gasteiger partial charge in [0.2, 0.25) is 5.43 Å². The zero-order chi connectivity index (χ0) is 16.9. The number of carboxylic acids is 1. The number of carbonyl (C=O) groups is 1. The van der Waals surface area contributed by atoms with Crippen molar-refractivity contribution in [1.82, 2.24) is 9.47 Å². The number of aliphatic carboxylic acids is 1. The fourth-order valence-electron chi connectivity index (χ4n) is 2.47. The van der Waals surface area contributed by atoms with Gasteiger partial charge >= 0.3 is 5.97 Å². The lowest BCUT2D eigenvalue weighted by Gasteiger charge is -2.27. The average molecular weight is 312 g/mol. The van der Waals surface area contributed by atoms with Crippen LogP contribution in [-0.4, -0.2) is 51.0 Å². The number of hydrogen-bond acceptors (Lipinski definition) is 5. The molecule has 1 heterocycles. The third-order valence-electron chi connectivity index (χ3n) is 3.69. The van der Waals surface area contributed by atoms with Gasteiger partial charge in [0, 0.05) is 24.8 Å². The molecule has 1 atom stereocenters. The van der Waals surface area contributed by atoms with Crippen molar-refractivity contribution in [1.29, 1.82) is 0 Å². The van der Waals surface area contributed by atoms with E-state index < -0.39 is 11.4 Å². The summed E-state index contributed by atoms with van der Waals surface area (Å²) >= 11 is 0. The minimum atomic E-state index is -0.903. The second-order valence-electron chi connectivity index (χ2n) is 5.44. The molecule has 1 unspecified atom stereocenters. The lowest BCUT2D eigenvalue weighted by atomic mass is 10.1. The molecule has 124 valence electrons. The van der Waals surface area contributed by atoms with Crippen molar-refractivity contribution < 1.29 is 20.1 Å². The predicted molar refractivity (Wildman–Crippen MR) is 82.1 cm³/mol. The van der Waals surface area contributed by atoms with Crippen LogP contribution in [0.3, 0.4) is 0 Å². The first-order chi connectivity index (χ1) is 10.3. The molecule has 0 aromatic carbocycles. The van der Waals surface area contributed by atoms with Crippen LogP contribution in [-0.2, 0) is 11.3 Å². The molecule has 1 rings (SSSR count). The van der Waals surface area contributed by atoms with Crippen molar-refractivity contribution in [2.75, 3.05) is 20.2 Å². The number of carboxylic acid groups (broad SMARTS) is 1. The van der Waals surface area contributed by atoms with Crippen molar-refractivity contribution in [2.24, 2.45) is 0 Å². The number of aromatic hydroxyl groups is 1. The van der Waals surface area contributed by atoms with E-state index in [4.69, 9.17) is 5.11 Å². The molecule has 0 fully saturated rings. The van der Waals surface area contributed by atoms with Gasteiger partial charge in [0.25, 0.3) is 0 Å². The molecule has 0 radical (unpaired) electrons. The summed E-state index contributed by atoms with van der Waals surface area (Å²) in [7, 11) is 1.72. The monoisotopic (exact) mass is 312 g/mol. The van der Waals surface area contributed by atoms with Crippen LogP contribution in [0, 0.1) is 6.92 Å². The van der Waals surface area contributed by atoms with Gasteiger partial charge in [-0.15, -0.1) is 0 Å². The van der Waals surface area contributed by atoms with Gasteiger partial charge in [-0.2, -0.15) is 0 Å². The molecule has 1 aromatic rings. The minimum Gasteiger partial charge on any atom is -0.503 e. The highest BCUT2D eigenvalue weighted by atomic mass is 16.4. The summed E-state index contributed by atoms with van der Waals surface area (Å²) in [5, 5.41) is 28.4. The highest BCUT2D eigenvalue weighted by Gasteiger charge is 2.19. The van der Waals surface area contributed by atoms with E-state index >= 15 is 0 Å². The molecule has 0 saturated carbocycles. The summed E-state index contributed by atoms with van der Waals surface area (Å²) < 4.78 is 1.76. The molecule has 0 aliphatic carbocycles. The molecule has 1 aromatic heterocycles. The number of aryl methyl sites for hydroxylation is 1. The zero-order valence-electron chi connectivity index (χ0n) is 13.2. The maximum absolute atomic E-state index is 11.8. The van der Waals surface area contributed by atoms with Gasteiger partial charge in [0.1, 0.15) is 0 Å². The Morgan fingerprint density at radius 1 is 1.45 bits per heavy atom. The Morgan fingerprint density at radius 2 is 2.09 bits per heavy atom. The minimum absolute atomic E-state index is 0.0233. The Labute approximate surface area is 129 Å². The van der Waals surface area contributed by atoms with Crippen LogP contribution in [0.1, 0.15) is 37.2 Å². The number of rotatable bonds is 8. The van der Waals surface area contributed by atoms with Crippen LogP contribution in [0.25, 0.3) is 0 Å². The van der Waals surface area contributed by atoms with Crippen molar-refractivity contribution in [3.63, 3.8) is 0 Å². The lowest BCUT2D eigenvalue weighted by Crippen LogP contribution is -2.28. The number of pyridine rings is 1. The first kappa shape index (κ1) is 18.2. The fraction of sp³-hybridized carbons (Fsp3) is 0.600. The van der Waals surface area contributed by atoms with Crippen molar-refractivity contribution >= 4 is 5.97 Å².